The zero-order chi connectivity index (χ0) is 12.4. The van der Waals surface area contributed by atoms with Crippen molar-refractivity contribution < 1.29 is 4.79 Å². The Bertz CT molecular complexity index is 542. The number of Topliss-reactive ketones (excluding diaryl/α,β-unsaturated/α-hetero) is 1. The van der Waals surface area contributed by atoms with Gasteiger partial charge in [0, 0.05) is 29.5 Å². The summed E-state index contributed by atoms with van der Waals surface area (Å²) in [6.07, 6.45) is 2.05. The smallest absolute Gasteiger partial charge is 0.169 e. The van der Waals surface area contributed by atoms with Gasteiger partial charge < -0.3 is 5.73 Å². The van der Waals surface area contributed by atoms with Gasteiger partial charge in [-0.05, 0) is 24.3 Å². The Morgan fingerprint density at radius 1 is 1.47 bits per heavy atom. The highest BCUT2D eigenvalue weighted by atomic mass is 35.5. The third-order valence-electron chi connectivity index (χ3n) is 2.35. The number of nitrogens with zero attached hydrogens (tertiary/aromatic N) is 2. The number of hydrogen-bond donors (Lipinski definition) is 1. The van der Waals surface area contributed by atoms with Crippen LogP contribution in [0.15, 0.2) is 30.5 Å². The summed E-state index contributed by atoms with van der Waals surface area (Å²) in [7, 11) is 1.81. The standard InChI is InChI=1S/C12H12ClN3O/c1-16-3-2-11(15-16)7-12(17)8-4-9(13)6-10(14)5-8/h2-6H,7,14H2,1H3. The van der Waals surface area contributed by atoms with E-state index in [1.54, 1.807) is 29.1 Å². The van der Waals surface area contributed by atoms with Gasteiger partial charge in [0.15, 0.2) is 5.78 Å². The zero-order valence-electron chi connectivity index (χ0n) is 9.35. The lowest BCUT2D eigenvalue weighted by molar-refractivity contribution is 0.0992. The van der Waals surface area contributed by atoms with Crippen molar-refractivity contribution in [3.05, 3.63) is 46.7 Å². The molecule has 0 spiro atoms. The molecule has 0 fully saturated rings. The van der Waals surface area contributed by atoms with Gasteiger partial charge in [-0.3, -0.25) is 9.48 Å². The molecule has 0 saturated carbocycles. The number of hydrogen-bond acceptors (Lipinski definition) is 3. The molecule has 0 aliphatic rings. The average molecular weight is 250 g/mol. The van der Waals surface area contributed by atoms with Gasteiger partial charge in [0.2, 0.25) is 0 Å². The normalized spacial score (nSPS) is 10.5. The minimum atomic E-state index is -0.0436. The monoisotopic (exact) mass is 249 g/mol. The van der Waals surface area contributed by atoms with E-state index in [9.17, 15) is 4.79 Å². The van der Waals surface area contributed by atoms with Gasteiger partial charge in [-0.15, -0.1) is 0 Å². The topological polar surface area (TPSA) is 60.9 Å². The fourth-order valence-electron chi connectivity index (χ4n) is 1.60. The minimum Gasteiger partial charge on any atom is -0.399 e. The first-order chi connectivity index (χ1) is 8.04. The molecule has 4 nitrogen and oxygen atoms in total. The predicted molar refractivity (Wildman–Crippen MR) is 67.1 cm³/mol. The fourth-order valence-corrected chi connectivity index (χ4v) is 1.84. The predicted octanol–water partition coefficient (Wildman–Crippen LogP) is 2.08. The number of nitrogens with two attached hydrogens (primary N) is 1. The molecule has 0 amide bonds. The van der Waals surface area contributed by atoms with E-state index < -0.39 is 0 Å². The van der Waals surface area contributed by atoms with Crippen molar-refractivity contribution in [3.63, 3.8) is 0 Å². The zero-order valence-corrected chi connectivity index (χ0v) is 10.1. The van der Waals surface area contributed by atoms with Crippen molar-refractivity contribution in [1.82, 2.24) is 9.78 Å². The first kappa shape index (κ1) is 11.7. The van der Waals surface area contributed by atoms with E-state index in [4.69, 9.17) is 17.3 Å². The van der Waals surface area contributed by atoms with Crippen LogP contribution in [-0.4, -0.2) is 15.6 Å². The average Bonchev–Trinajstić information content (AvgIpc) is 2.62. The van der Waals surface area contributed by atoms with Crippen LogP contribution >= 0.6 is 11.6 Å². The van der Waals surface area contributed by atoms with Crippen LogP contribution in [-0.2, 0) is 13.5 Å². The van der Waals surface area contributed by atoms with Crippen LogP contribution in [0, 0.1) is 0 Å². The van der Waals surface area contributed by atoms with E-state index in [2.05, 4.69) is 5.10 Å². The number of anilines is 1. The Balaban J connectivity index is 2.19. The van der Waals surface area contributed by atoms with Gasteiger partial charge in [0.25, 0.3) is 0 Å². The second kappa shape index (κ2) is 4.59. The maximum atomic E-state index is 12.0. The van der Waals surface area contributed by atoms with Gasteiger partial charge in [0.1, 0.15) is 0 Å². The molecule has 2 aromatic rings. The highest BCUT2D eigenvalue weighted by Crippen LogP contribution is 2.18. The van der Waals surface area contributed by atoms with E-state index in [1.165, 1.54) is 0 Å². The lowest BCUT2D eigenvalue weighted by Crippen LogP contribution is -2.05. The summed E-state index contributed by atoms with van der Waals surface area (Å²) in [5.74, 6) is -0.0436. The molecule has 5 heteroatoms. The molecule has 88 valence electrons. The molecule has 1 aromatic carbocycles. The van der Waals surface area contributed by atoms with Gasteiger partial charge >= 0.3 is 0 Å². The lowest BCUT2D eigenvalue weighted by Gasteiger charge is -2.02. The van der Waals surface area contributed by atoms with Crippen molar-refractivity contribution in [2.24, 2.45) is 7.05 Å². The van der Waals surface area contributed by atoms with Gasteiger partial charge in [-0.25, -0.2) is 0 Å². The Hall–Kier alpha value is -1.81. The molecule has 0 aliphatic heterocycles. The number of halogens is 1. The van der Waals surface area contributed by atoms with E-state index in [0.717, 1.165) is 5.69 Å². The van der Waals surface area contributed by atoms with Crippen LogP contribution < -0.4 is 5.73 Å². The fraction of sp³-hybridized carbons (Fsp3) is 0.167. The van der Waals surface area contributed by atoms with E-state index >= 15 is 0 Å². The highest BCUT2D eigenvalue weighted by molar-refractivity contribution is 6.31. The van der Waals surface area contributed by atoms with Crippen molar-refractivity contribution in [3.8, 4) is 0 Å². The van der Waals surface area contributed by atoms with Crippen molar-refractivity contribution in [1.29, 1.82) is 0 Å². The molecule has 1 heterocycles. The van der Waals surface area contributed by atoms with Gasteiger partial charge in [-0.1, -0.05) is 11.6 Å². The van der Waals surface area contributed by atoms with Crippen LogP contribution in [0.25, 0.3) is 0 Å². The number of aryl methyl sites for hydroxylation is 1. The molecule has 0 atom stereocenters. The third kappa shape index (κ3) is 2.85. The summed E-state index contributed by atoms with van der Waals surface area (Å²) < 4.78 is 1.66. The van der Waals surface area contributed by atoms with E-state index in [1.807, 2.05) is 13.1 Å². The Kier molecular flexibility index (Phi) is 3.15. The first-order valence-corrected chi connectivity index (χ1v) is 5.50. The van der Waals surface area contributed by atoms with Crippen LogP contribution in [0.5, 0.6) is 0 Å². The Morgan fingerprint density at radius 2 is 2.24 bits per heavy atom. The van der Waals surface area contributed by atoms with Gasteiger partial charge in [0.05, 0.1) is 12.1 Å². The van der Waals surface area contributed by atoms with Gasteiger partial charge in [-0.2, -0.15) is 5.10 Å². The lowest BCUT2D eigenvalue weighted by atomic mass is 10.1. The molecule has 1 aromatic heterocycles. The van der Waals surface area contributed by atoms with Crippen LogP contribution in [0.3, 0.4) is 0 Å². The summed E-state index contributed by atoms with van der Waals surface area (Å²) in [6, 6.07) is 6.66. The Labute approximate surface area is 104 Å². The minimum absolute atomic E-state index is 0.0436. The number of nitrogen functional groups attached to an aromatic ring is 1. The molecule has 17 heavy (non-hydrogen) atoms. The third-order valence-corrected chi connectivity index (χ3v) is 2.57. The second-order valence-corrected chi connectivity index (χ2v) is 4.29. The molecule has 2 N–H and O–H groups in total. The number of carbonyl (C=O) groups is 1. The quantitative estimate of drug-likeness (QED) is 0.669. The SMILES string of the molecule is Cn1ccc(CC(=O)c2cc(N)cc(Cl)c2)n1. The summed E-state index contributed by atoms with van der Waals surface area (Å²) in [4.78, 5) is 12.0. The Morgan fingerprint density at radius 3 is 2.82 bits per heavy atom. The molecular formula is C12H12ClN3O. The van der Waals surface area contributed by atoms with Crippen LogP contribution in [0.1, 0.15) is 16.1 Å². The summed E-state index contributed by atoms with van der Waals surface area (Å²) in [6.45, 7) is 0. The van der Waals surface area contributed by atoms with Crippen molar-refractivity contribution in [2.45, 2.75) is 6.42 Å². The summed E-state index contributed by atoms with van der Waals surface area (Å²) in [5.41, 5.74) is 7.37. The first-order valence-electron chi connectivity index (χ1n) is 5.12. The summed E-state index contributed by atoms with van der Waals surface area (Å²) in [5, 5.41) is 4.62. The highest BCUT2D eigenvalue weighted by Gasteiger charge is 2.10. The van der Waals surface area contributed by atoms with Crippen LogP contribution in [0.4, 0.5) is 5.69 Å². The second-order valence-electron chi connectivity index (χ2n) is 3.85. The number of carbonyl (C=O) groups excluding carboxylic acids is 1. The number of rotatable bonds is 3. The molecular weight excluding hydrogens is 238 g/mol. The number of benzene rings is 1. The molecule has 0 radical (unpaired) electrons. The van der Waals surface area contributed by atoms with E-state index in [0.29, 0.717) is 16.3 Å². The number of ketones is 1. The molecule has 0 bridgehead atoms. The molecule has 0 aliphatic carbocycles. The molecule has 0 saturated heterocycles. The van der Waals surface area contributed by atoms with E-state index in [-0.39, 0.29) is 12.2 Å². The largest absolute Gasteiger partial charge is 0.399 e. The summed E-state index contributed by atoms with van der Waals surface area (Å²) >= 11 is 5.85. The van der Waals surface area contributed by atoms with Crippen molar-refractivity contribution >= 4 is 23.1 Å². The maximum absolute atomic E-state index is 12.0. The molecule has 0 unspecified atom stereocenters. The molecule has 2 rings (SSSR count). The van der Waals surface area contributed by atoms with Crippen molar-refractivity contribution in [2.75, 3.05) is 5.73 Å². The number of aromatic nitrogens is 2. The van der Waals surface area contributed by atoms with Crippen LogP contribution in [0.2, 0.25) is 5.02 Å². The maximum Gasteiger partial charge on any atom is 0.169 e.